The van der Waals surface area contributed by atoms with Crippen LogP contribution < -0.4 is 5.32 Å². The average molecular weight is 390 g/mol. The van der Waals surface area contributed by atoms with Crippen molar-refractivity contribution in [1.82, 2.24) is 15.2 Å². The first-order valence-corrected chi connectivity index (χ1v) is 10.7. The van der Waals surface area contributed by atoms with Gasteiger partial charge in [0.15, 0.2) is 0 Å². The molecule has 0 aliphatic carbocycles. The Morgan fingerprint density at radius 2 is 1.79 bits per heavy atom. The Kier molecular flexibility index (Phi) is 6.00. The molecule has 0 bridgehead atoms. The monoisotopic (exact) mass is 389 g/mol. The zero-order valence-electron chi connectivity index (χ0n) is 17.6. The molecule has 3 aromatic rings. The summed E-state index contributed by atoms with van der Waals surface area (Å²) in [5.74, 6) is 0.0725. The van der Waals surface area contributed by atoms with Crippen molar-refractivity contribution >= 4 is 16.8 Å². The molecule has 152 valence electrons. The summed E-state index contributed by atoms with van der Waals surface area (Å²) in [4.78, 5) is 18.7. The number of hydrogen-bond donors (Lipinski definition) is 2. The summed E-state index contributed by atoms with van der Waals surface area (Å²) in [6.07, 6.45) is 4.34. The van der Waals surface area contributed by atoms with Gasteiger partial charge in [-0.15, -0.1) is 0 Å². The van der Waals surface area contributed by atoms with Crippen molar-refractivity contribution in [2.75, 3.05) is 13.1 Å². The van der Waals surface area contributed by atoms with Crippen LogP contribution in [0.1, 0.15) is 47.2 Å². The molecule has 29 heavy (non-hydrogen) atoms. The number of H-pyrrole nitrogens is 1. The third-order valence-electron chi connectivity index (χ3n) is 6.05. The number of nitrogens with one attached hydrogen (secondary N) is 2. The zero-order valence-corrected chi connectivity index (χ0v) is 17.6. The molecule has 0 spiro atoms. The summed E-state index contributed by atoms with van der Waals surface area (Å²) in [5, 5.41) is 4.31. The summed E-state index contributed by atoms with van der Waals surface area (Å²) >= 11 is 0. The van der Waals surface area contributed by atoms with Gasteiger partial charge in [-0.25, -0.2) is 0 Å². The van der Waals surface area contributed by atoms with Gasteiger partial charge in [-0.05, 0) is 68.6 Å². The van der Waals surface area contributed by atoms with E-state index in [9.17, 15) is 4.79 Å². The molecule has 0 saturated carbocycles. The van der Waals surface area contributed by atoms with Crippen LogP contribution in [0.3, 0.4) is 0 Å². The lowest BCUT2D eigenvalue weighted by molar-refractivity contribution is -0.120. The van der Waals surface area contributed by atoms with Crippen molar-refractivity contribution in [3.05, 3.63) is 70.4 Å². The molecule has 1 aliphatic rings. The number of benzene rings is 2. The summed E-state index contributed by atoms with van der Waals surface area (Å²) in [7, 11) is 0. The highest BCUT2D eigenvalue weighted by atomic mass is 16.1. The van der Waals surface area contributed by atoms with Gasteiger partial charge in [0.2, 0.25) is 5.91 Å². The number of fused-ring (bicyclic) bond motifs is 1. The topological polar surface area (TPSA) is 48.1 Å². The Balaban J connectivity index is 1.41. The molecule has 0 atom stereocenters. The molecule has 1 amide bonds. The Hall–Kier alpha value is -2.59. The first-order chi connectivity index (χ1) is 14.1. The molecule has 4 rings (SSSR count). The maximum Gasteiger partial charge on any atom is 0.224 e. The smallest absolute Gasteiger partial charge is 0.224 e. The molecule has 1 aliphatic heterocycles. The maximum absolute atomic E-state index is 12.7. The molecular formula is C25H31N3O. The number of carbonyl (C=O) groups is 1. The molecule has 1 aromatic heterocycles. The Morgan fingerprint density at radius 3 is 2.59 bits per heavy atom. The van der Waals surface area contributed by atoms with Crippen molar-refractivity contribution in [3.63, 3.8) is 0 Å². The molecular weight excluding hydrogens is 358 g/mol. The van der Waals surface area contributed by atoms with Crippen LogP contribution in [0.15, 0.2) is 42.5 Å². The minimum Gasteiger partial charge on any atom is -0.358 e. The molecule has 0 radical (unpaired) electrons. The number of aromatic amines is 1. The Bertz CT molecular complexity index is 998. The van der Waals surface area contributed by atoms with Crippen LogP contribution in [-0.2, 0) is 24.3 Å². The summed E-state index contributed by atoms with van der Waals surface area (Å²) in [5.41, 5.74) is 7.04. The van der Waals surface area contributed by atoms with Crippen LogP contribution >= 0.6 is 0 Å². The fourth-order valence-electron chi connectivity index (χ4n) is 4.38. The number of piperidine rings is 1. The summed E-state index contributed by atoms with van der Waals surface area (Å²) < 4.78 is 0. The molecule has 0 unspecified atom stereocenters. The van der Waals surface area contributed by atoms with E-state index in [1.54, 1.807) is 0 Å². The van der Waals surface area contributed by atoms with Crippen molar-refractivity contribution in [1.29, 1.82) is 0 Å². The van der Waals surface area contributed by atoms with Gasteiger partial charge in [-0.2, -0.15) is 0 Å². The lowest BCUT2D eigenvalue weighted by atomic mass is 10.0. The third-order valence-corrected chi connectivity index (χ3v) is 6.05. The van der Waals surface area contributed by atoms with Gasteiger partial charge in [0.25, 0.3) is 0 Å². The minimum atomic E-state index is 0.0725. The maximum atomic E-state index is 12.7. The number of likely N-dealkylation sites (tertiary alicyclic amines) is 1. The number of aryl methyl sites for hydroxylation is 2. The zero-order chi connectivity index (χ0) is 20.2. The van der Waals surface area contributed by atoms with Gasteiger partial charge in [-0.3, -0.25) is 9.69 Å². The SMILES string of the molecule is Cc1ccc2[nH]c(C)c(CC(=O)NCc3ccccc3CN3CCCCC3)c2c1. The number of rotatable bonds is 6. The predicted octanol–water partition coefficient (Wildman–Crippen LogP) is 4.63. The van der Waals surface area contributed by atoms with E-state index in [1.807, 2.05) is 6.92 Å². The minimum absolute atomic E-state index is 0.0725. The quantitative estimate of drug-likeness (QED) is 0.646. The highest BCUT2D eigenvalue weighted by molar-refractivity contribution is 5.90. The second kappa shape index (κ2) is 8.83. The molecule has 2 aromatic carbocycles. The van der Waals surface area contributed by atoms with Crippen molar-refractivity contribution in [2.45, 2.75) is 52.6 Å². The summed E-state index contributed by atoms with van der Waals surface area (Å²) in [6.45, 7) is 8.06. The van der Waals surface area contributed by atoms with Gasteiger partial charge < -0.3 is 10.3 Å². The Labute approximate surface area is 173 Å². The van der Waals surface area contributed by atoms with E-state index in [-0.39, 0.29) is 5.91 Å². The lowest BCUT2D eigenvalue weighted by Crippen LogP contribution is -2.30. The van der Waals surface area contributed by atoms with Gasteiger partial charge in [0, 0.05) is 29.7 Å². The molecule has 2 N–H and O–H groups in total. The van der Waals surface area contributed by atoms with E-state index >= 15 is 0 Å². The standard InChI is InChI=1S/C25H31N3O/c1-18-10-11-24-23(14-18)22(19(2)27-24)15-25(29)26-16-20-8-4-5-9-21(20)17-28-12-6-3-7-13-28/h4-5,8-11,14,27H,3,6-7,12-13,15-17H2,1-2H3,(H,26,29). The normalized spacial score (nSPS) is 15.0. The van der Waals surface area contributed by atoms with Crippen LogP contribution in [-0.4, -0.2) is 28.9 Å². The fourth-order valence-corrected chi connectivity index (χ4v) is 4.38. The average Bonchev–Trinajstić information content (AvgIpc) is 3.03. The second-order valence-corrected chi connectivity index (χ2v) is 8.34. The van der Waals surface area contributed by atoms with E-state index in [2.05, 4.69) is 64.6 Å². The van der Waals surface area contributed by atoms with E-state index in [4.69, 9.17) is 0 Å². The van der Waals surface area contributed by atoms with Crippen LogP contribution in [0.5, 0.6) is 0 Å². The third kappa shape index (κ3) is 4.70. The van der Waals surface area contributed by atoms with Crippen molar-refractivity contribution in [3.8, 4) is 0 Å². The molecule has 1 fully saturated rings. The molecule has 4 heteroatoms. The first kappa shape index (κ1) is 19.7. The lowest BCUT2D eigenvalue weighted by Gasteiger charge is -2.27. The summed E-state index contributed by atoms with van der Waals surface area (Å²) in [6, 6.07) is 14.9. The van der Waals surface area contributed by atoms with Crippen LogP contribution in [0.2, 0.25) is 0 Å². The predicted molar refractivity (Wildman–Crippen MR) is 119 cm³/mol. The van der Waals surface area contributed by atoms with E-state index in [0.717, 1.165) is 28.7 Å². The highest BCUT2D eigenvalue weighted by Gasteiger charge is 2.15. The molecule has 2 heterocycles. The van der Waals surface area contributed by atoms with Crippen molar-refractivity contribution < 1.29 is 4.79 Å². The highest BCUT2D eigenvalue weighted by Crippen LogP contribution is 2.24. The number of nitrogens with zero attached hydrogens (tertiary/aromatic N) is 1. The molecule has 1 saturated heterocycles. The number of carbonyl (C=O) groups excluding carboxylic acids is 1. The first-order valence-electron chi connectivity index (χ1n) is 10.7. The number of amides is 1. The van der Waals surface area contributed by atoms with Crippen LogP contribution in [0.4, 0.5) is 0 Å². The van der Waals surface area contributed by atoms with Gasteiger partial charge in [-0.1, -0.05) is 42.3 Å². The number of hydrogen-bond acceptors (Lipinski definition) is 2. The number of aromatic nitrogens is 1. The van der Waals surface area contributed by atoms with Crippen molar-refractivity contribution in [2.24, 2.45) is 0 Å². The van der Waals surface area contributed by atoms with Crippen LogP contribution in [0.25, 0.3) is 10.9 Å². The van der Waals surface area contributed by atoms with E-state index in [0.29, 0.717) is 13.0 Å². The fraction of sp³-hybridized carbons (Fsp3) is 0.400. The Morgan fingerprint density at radius 1 is 1.03 bits per heavy atom. The largest absolute Gasteiger partial charge is 0.358 e. The van der Waals surface area contributed by atoms with Gasteiger partial charge in [0.05, 0.1) is 6.42 Å². The van der Waals surface area contributed by atoms with Gasteiger partial charge >= 0.3 is 0 Å². The van der Waals surface area contributed by atoms with E-state index < -0.39 is 0 Å². The van der Waals surface area contributed by atoms with Gasteiger partial charge in [0.1, 0.15) is 0 Å². The van der Waals surface area contributed by atoms with E-state index in [1.165, 1.54) is 49.0 Å². The molecule has 4 nitrogen and oxygen atoms in total. The second-order valence-electron chi connectivity index (χ2n) is 8.34. The van der Waals surface area contributed by atoms with Crippen LogP contribution in [0, 0.1) is 13.8 Å².